The van der Waals surface area contributed by atoms with Gasteiger partial charge in [0.25, 0.3) is 5.91 Å². The van der Waals surface area contributed by atoms with Crippen molar-refractivity contribution in [2.24, 2.45) is 5.92 Å². The van der Waals surface area contributed by atoms with Crippen LogP contribution >= 0.6 is 0 Å². The van der Waals surface area contributed by atoms with Gasteiger partial charge in [0.2, 0.25) is 5.91 Å². The van der Waals surface area contributed by atoms with Crippen molar-refractivity contribution < 1.29 is 23.9 Å². The number of nitrogens with one attached hydrogen (secondary N) is 2. The summed E-state index contributed by atoms with van der Waals surface area (Å²) in [7, 11) is 1.55. The third-order valence-electron chi connectivity index (χ3n) is 5.70. The predicted molar refractivity (Wildman–Crippen MR) is 150 cm³/mol. The van der Waals surface area contributed by atoms with Crippen molar-refractivity contribution >= 4 is 23.6 Å². The van der Waals surface area contributed by atoms with Crippen LogP contribution in [0.3, 0.4) is 0 Å². The van der Waals surface area contributed by atoms with E-state index >= 15 is 0 Å². The number of carbonyl (C=O) groups is 3. The first-order valence-electron chi connectivity index (χ1n) is 12.9. The van der Waals surface area contributed by atoms with Crippen molar-refractivity contribution in [1.82, 2.24) is 10.2 Å². The highest BCUT2D eigenvalue weighted by molar-refractivity contribution is 5.99. The normalized spacial score (nSPS) is 12.6. The number of aryl methyl sites for hydroxylation is 2. The number of amides is 3. The largest absolute Gasteiger partial charge is 0.497 e. The van der Waals surface area contributed by atoms with Gasteiger partial charge in [-0.05, 0) is 76.8 Å². The molecule has 0 heterocycles. The van der Waals surface area contributed by atoms with Crippen LogP contribution in [-0.4, -0.2) is 48.1 Å². The lowest BCUT2D eigenvalue weighted by Crippen LogP contribution is -2.53. The van der Waals surface area contributed by atoms with Gasteiger partial charge in [0, 0.05) is 5.69 Å². The van der Waals surface area contributed by atoms with Crippen molar-refractivity contribution in [2.75, 3.05) is 19.0 Å². The predicted octanol–water partition coefficient (Wildman–Crippen LogP) is 5.28. The molecular weight excluding hydrogens is 496 g/mol. The Kier molecular flexibility index (Phi) is 10.9. The fraction of sp³-hybridized carbons (Fsp3) is 0.467. The minimum Gasteiger partial charge on any atom is -0.497 e. The molecule has 2 aromatic rings. The van der Waals surface area contributed by atoms with Crippen LogP contribution in [0.1, 0.15) is 63.8 Å². The molecule has 0 fully saturated rings. The Labute approximate surface area is 231 Å². The van der Waals surface area contributed by atoms with E-state index in [1.165, 1.54) is 4.90 Å². The number of methoxy groups -OCH3 is 1. The molecule has 210 valence electrons. The summed E-state index contributed by atoms with van der Waals surface area (Å²) >= 11 is 0. The lowest BCUT2D eigenvalue weighted by atomic mass is 9.97. The second kappa shape index (κ2) is 13.7. The summed E-state index contributed by atoms with van der Waals surface area (Å²) in [6.07, 6.45) is -0.455. The first-order chi connectivity index (χ1) is 18.2. The molecule has 39 heavy (non-hydrogen) atoms. The zero-order chi connectivity index (χ0) is 29.3. The van der Waals surface area contributed by atoms with E-state index in [0.717, 1.165) is 11.1 Å². The van der Waals surface area contributed by atoms with Crippen LogP contribution in [0.2, 0.25) is 0 Å². The van der Waals surface area contributed by atoms with Gasteiger partial charge in [-0.3, -0.25) is 9.59 Å². The van der Waals surface area contributed by atoms with E-state index in [0.29, 0.717) is 23.4 Å². The summed E-state index contributed by atoms with van der Waals surface area (Å²) in [6.45, 7) is 12.5. The molecule has 2 rings (SSSR count). The molecule has 3 amide bonds. The Morgan fingerprint density at radius 2 is 1.62 bits per heavy atom. The van der Waals surface area contributed by atoms with Crippen LogP contribution < -0.4 is 15.4 Å². The van der Waals surface area contributed by atoms with Crippen molar-refractivity contribution in [2.45, 2.75) is 72.6 Å². The summed E-state index contributed by atoms with van der Waals surface area (Å²) < 4.78 is 10.6. The Morgan fingerprint density at radius 3 is 2.10 bits per heavy atom. The maximum atomic E-state index is 14.0. The number of carbonyl (C=O) groups excluding carboxylic acids is 3. The smallest absolute Gasteiger partial charge is 0.408 e. The number of rotatable bonds is 10. The standard InChI is InChI=1S/C30H40N4O5/c1-19(2)15-25(33-29(37)39-30(5,6)7)28(36)34(14-13-31)26(22-17-20(3)16-21(4)18-22)27(35)32-23-9-11-24(38-8)12-10-23/h9-12,16-19,25-26H,14-15H2,1-8H3,(H,32,35)(H,33,37). The summed E-state index contributed by atoms with van der Waals surface area (Å²) in [5, 5.41) is 15.2. The topological polar surface area (TPSA) is 121 Å². The average molecular weight is 537 g/mol. The number of ether oxygens (including phenoxy) is 2. The molecule has 0 radical (unpaired) electrons. The van der Waals surface area contributed by atoms with E-state index in [1.54, 1.807) is 52.1 Å². The fourth-order valence-corrected chi connectivity index (χ4v) is 4.24. The molecule has 2 atom stereocenters. The van der Waals surface area contributed by atoms with Gasteiger partial charge < -0.3 is 25.0 Å². The molecule has 0 aliphatic rings. The molecule has 9 nitrogen and oxygen atoms in total. The number of anilines is 1. The van der Waals surface area contributed by atoms with Crippen LogP contribution in [0.25, 0.3) is 0 Å². The molecular formula is C30H40N4O5. The SMILES string of the molecule is COc1ccc(NC(=O)C(c2cc(C)cc(C)c2)N(CC#N)C(=O)C(CC(C)C)NC(=O)OC(C)(C)C)cc1. The monoisotopic (exact) mass is 536 g/mol. The van der Waals surface area contributed by atoms with Crippen LogP contribution in [-0.2, 0) is 14.3 Å². The molecule has 2 unspecified atom stereocenters. The minimum atomic E-state index is -1.13. The second-order valence-electron chi connectivity index (χ2n) is 11.0. The number of alkyl carbamates (subject to hydrolysis) is 1. The first kappa shape index (κ1) is 31.2. The zero-order valence-electron chi connectivity index (χ0n) is 24.1. The molecule has 2 N–H and O–H groups in total. The first-order valence-corrected chi connectivity index (χ1v) is 12.9. The van der Waals surface area contributed by atoms with Gasteiger partial charge in [-0.1, -0.05) is 43.2 Å². The van der Waals surface area contributed by atoms with Crippen molar-refractivity contribution in [1.29, 1.82) is 5.26 Å². The third kappa shape index (κ3) is 9.64. The van der Waals surface area contributed by atoms with Gasteiger partial charge in [0.05, 0.1) is 13.2 Å². The number of hydrogen-bond acceptors (Lipinski definition) is 6. The lowest BCUT2D eigenvalue weighted by molar-refractivity contribution is -0.140. The Hall–Kier alpha value is -4.06. The van der Waals surface area contributed by atoms with Crippen LogP contribution in [0.5, 0.6) is 5.75 Å². The van der Waals surface area contributed by atoms with E-state index in [2.05, 4.69) is 10.6 Å². The summed E-state index contributed by atoms with van der Waals surface area (Å²) in [5.74, 6) is -0.380. The van der Waals surface area contributed by atoms with Gasteiger partial charge in [-0.2, -0.15) is 5.26 Å². The molecule has 0 saturated carbocycles. The Balaban J connectivity index is 2.54. The molecule has 9 heteroatoms. The Bertz CT molecular complexity index is 1180. The van der Waals surface area contributed by atoms with Crippen molar-refractivity contribution in [3.8, 4) is 11.8 Å². The van der Waals surface area contributed by atoms with Gasteiger partial charge in [-0.25, -0.2) is 4.79 Å². The summed E-state index contributed by atoms with van der Waals surface area (Å²) in [6, 6.07) is 12.3. The quantitative estimate of drug-likeness (QED) is 0.399. The molecule has 0 saturated heterocycles. The van der Waals surface area contributed by atoms with Gasteiger partial charge in [0.15, 0.2) is 0 Å². The molecule has 0 aliphatic heterocycles. The van der Waals surface area contributed by atoms with Gasteiger partial charge in [0.1, 0.15) is 30.0 Å². The van der Waals surface area contributed by atoms with Gasteiger partial charge >= 0.3 is 6.09 Å². The number of benzene rings is 2. The van der Waals surface area contributed by atoms with Crippen molar-refractivity contribution in [3.63, 3.8) is 0 Å². The maximum absolute atomic E-state index is 14.0. The average Bonchev–Trinajstić information content (AvgIpc) is 2.81. The van der Waals surface area contributed by atoms with E-state index in [9.17, 15) is 19.6 Å². The Morgan fingerprint density at radius 1 is 1.03 bits per heavy atom. The highest BCUT2D eigenvalue weighted by atomic mass is 16.6. The highest BCUT2D eigenvalue weighted by Crippen LogP contribution is 2.27. The number of nitriles is 1. The maximum Gasteiger partial charge on any atom is 0.408 e. The van der Waals surface area contributed by atoms with E-state index < -0.39 is 35.6 Å². The number of hydrogen-bond donors (Lipinski definition) is 2. The highest BCUT2D eigenvalue weighted by Gasteiger charge is 2.37. The molecule has 0 spiro atoms. The van der Waals surface area contributed by atoms with Gasteiger partial charge in [-0.15, -0.1) is 0 Å². The molecule has 0 aliphatic carbocycles. The molecule has 0 aromatic heterocycles. The van der Waals surface area contributed by atoms with Crippen LogP contribution in [0.15, 0.2) is 42.5 Å². The fourth-order valence-electron chi connectivity index (χ4n) is 4.24. The van der Waals surface area contributed by atoms with E-state index in [-0.39, 0.29) is 12.5 Å². The third-order valence-corrected chi connectivity index (χ3v) is 5.70. The van der Waals surface area contributed by atoms with Crippen LogP contribution in [0, 0.1) is 31.1 Å². The lowest BCUT2D eigenvalue weighted by Gasteiger charge is -2.33. The molecule has 0 bridgehead atoms. The van der Waals surface area contributed by atoms with Crippen molar-refractivity contribution in [3.05, 3.63) is 59.2 Å². The summed E-state index contributed by atoms with van der Waals surface area (Å²) in [5.41, 5.74) is 2.11. The van der Waals surface area contributed by atoms with Crippen LogP contribution in [0.4, 0.5) is 10.5 Å². The molecule has 2 aromatic carbocycles. The summed E-state index contributed by atoms with van der Waals surface area (Å²) in [4.78, 5) is 41.7. The van der Waals surface area contributed by atoms with E-state index in [4.69, 9.17) is 9.47 Å². The zero-order valence-corrected chi connectivity index (χ0v) is 24.1. The second-order valence-corrected chi connectivity index (χ2v) is 11.0. The minimum absolute atomic E-state index is 0.0330. The number of nitrogens with zero attached hydrogens (tertiary/aromatic N) is 2. The van der Waals surface area contributed by atoms with E-state index in [1.807, 2.05) is 52.0 Å².